The maximum Gasteiger partial charge on any atom is 0.150 e. The van der Waals surface area contributed by atoms with E-state index in [0.717, 1.165) is 13.0 Å². The van der Waals surface area contributed by atoms with Crippen molar-refractivity contribution in [2.24, 2.45) is 0 Å². The van der Waals surface area contributed by atoms with Crippen molar-refractivity contribution in [3.05, 3.63) is 29.8 Å². The van der Waals surface area contributed by atoms with Crippen molar-refractivity contribution in [1.29, 1.82) is 0 Å². The van der Waals surface area contributed by atoms with Gasteiger partial charge in [-0.1, -0.05) is 26.0 Å². The van der Waals surface area contributed by atoms with E-state index in [-0.39, 0.29) is 12.4 Å². The molecule has 0 saturated carbocycles. The molecule has 1 atom stereocenters. The van der Waals surface area contributed by atoms with E-state index in [2.05, 4.69) is 19.2 Å². The molecule has 0 aliphatic rings. The van der Waals surface area contributed by atoms with Gasteiger partial charge in [0.15, 0.2) is 9.84 Å². The number of benzene rings is 1. The lowest BCUT2D eigenvalue weighted by atomic mass is 10.0. The zero-order valence-corrected chi connectivity index (χ0v) is 12.7. The number of hydrogen-bond acceptors (Lipinski definition) is 4. The molecular weight excluding hydrogens is 262 g/mol. The van der Waals surface area contributed by atoms with Gasteiger partial charge in [0.2, 0.25) is 0 Å². The van der Waals surface area contributed by atoms with Crippen LogP contribution >= 0.6 is 0 Å². The van der Waals surface area contributed by atoms with Crippen LogP contribution in [0.5, 0.6) is 5.75 Å². The van der Waals surface area contributed by atoms with Gasteiger partial charge in [-0.2, -0.15) is 0 Å². The fraction of sp³-hybridized carbons (Fsp3) is 0.571. The molecular formula is C14H23NO3S. The molecule has 0 aliphatic carbocycles. The third-order valence-corrected chi connectivity index (χ3v) is 3.77. The SMILES string of the molecule is CCNC(CC)c1ccc(OCCS(C)(=O)=O)cc1. The maximum atomic E-state index is 11.0. The molecule has 0 heterocycles. The van der Waals surface area contributed by atoms with E-state index in [0.29, 0.717) is 11.8 Å². The predicted molar refractivity (Wildman–Crippen MR) is 78.4 cm³/mol. The standard InChI is InChI=1S/C14H23NO3S/c1-4-14(15-5-2)12-6-8-13(9-7-12)18-10-11-19(3,16)17/h6-9,14-15H,4-5,10-11H2,1-3H3. The smallest absolute Gasteiger partial charge is 0.150 e. The van der Waals surface area contributed by atoms with Gasteiger partial charge in [-0.05, 0) is 30.7 Å². The normalized spacial score (nSPS) is 13.2. The Morgan fingerprint density at radius 2 is 1.84 bits per heavy atom. The summed E-state index contributed by atoms with van der Waals surface area (Å²) in [5.74, 6) is 0.753. The Morgan fingerprint density at radius 3 is 2.32 bits per heavy atom. The molecule has 0 aromatic heterocycles. The Bertz CT molecular complexity index is 468. The second kappa shape index (κ2) is 7.50. The number of rotatable bonds is 8. The fourth-order valence-corrected chi connectivity index (χ4v) is 2.24. The summed E-state index contributed by atoms with van der Waals surface area (Å²) in [4.78, 5) is 0. The summed E-state index contributed by atoms with van der Waals surface area (Å²) in [5.41, 5.74) is 1.22. The number of sulfone groups is 1. The highest BCUT2D eigenvalue weighted by Crippen LogP contribution is 2.20. The van der Waals surface area contributed by atoms with Crippen LogP contribution in [0.2, 0.25) is 0 Å². The third kappa shape index (κ3) is 6.07. The van der Waals surface area contributed by atoms with Crippen LogP contribution in [0.15, 0.2) is 24.3 Å². The zero-order valence-electron chi connectivity index (χ0n) is 11.8. The Hall–Kier alpha value is -1.07. The first-order chi connectivity index (χ1) is 8.96. The number of ether oxygens (including phenoxy) is 1. The van der Waals surface area contributed by atoms with Gasteiger partial charge in [-0.15, -0.1) is 0 Å². The Morgan fingerprint density at radius 1 is 1.21 bits per heavy atom. The molecule has 1 rings (SSSR count). The van der Waals surface area contributed by atoms with Crippen LogP contribution in [0.4, 0.5) is 0 Å². The summed E-state index contributed by atoms with van der Waals surface area (Å²) >= 11 is 0. The van der Waals surface area contributed by atoms with Gasteiger partial charge in [0.1, 0.15) is 12.4 Å². The molecule has 108 valence electrons. The third-order valence-electron chi connectivity index (χ3n) is 2.86. The molecule has 0 amide bonds. The van der Waals surface area contributed by atoms with E-state index in [1.165, 1.54) is 11.8 Å². The lowest BCUT2D eigenvalue weighted by molar-refractivity contribution is 0.341. The molecule has 0 spiro atoms. The van der Waals surface area contributed by atoms with Crippen molar-refractivity contribution in [2.75, 3.05) is 25.2 Å². The fourth-order valence-electron chi connectivity index (χ4n) is 1.85. The minimum absolute atomic E-state index is 0.0454. The van der Waals surface area contributed by atoms with Crippen LogP contribution in [0.25, 0.3) is 0 Å². The summed E-state index contributed by atoms with van der Waals surface area (Å²) in [6.07, 6.45) is 2.24. The van der Waals surface area contributed by atoms with Crippen LogP contribution in [-0.4, -0.2) is 33.6 Å². The number of hydrogen-bond donors (Lipinski definition) is 1. The highest BCUT2D eigenvalue weighted by Gasteiger charge is 2.07. The zero-order chi connectivity index (χ0) is 14.3. The monoisotopic (exact) mass is 285 g/mol. The number of nitrogens with one attached hydrogen (secondary N) is 1. The molecule has 0 fully saturated rings. The maximum absolute atomic E-state index is 11.0. The summed E-state index contributed by atoms with van der Waals surface area (Å²) in [7, 11) is -2.96. The molecule has 0 radical (unpaired) electrons. The average Bonchev–Trinajstić information content (AvgIpc) is 2.35. The second-order valence-electron chi connectivity index (χ2n) is 4.57. The minimum Gasteiger partial charge on any atom is -0.493 e. The Balaban J connectivity index is 2.56. The van der Waals surface area contributed by atoms with Gasteiger partial charge in [0.05, 0.1) is 5.75 Å². The highest BCUT2D eigenvalue weighted by atomic mass is 32.2. The molecule has 1 aromatic rings. The summed E-state index contributed by atoms with van der Waals surface area (Å²) in [6.45, 7) is 5.36. The molecule has 0 bridgehead atoms. The van der Waals surface area contributed by atoms with Crippen LogP contribution in [-0.2, 0) is 9.84 Å². The van der Waals surface area contributed by atoms with E-state index in [1.54, 1.807) is 0 Å². The van der Waals surface area contributed by atoms with Crippen molar-refractivity contribution in [3.8, 4) is 5.75 Å². The lowest BCUT2D eigenvalue weighted by Crippen LogP contribution is -2.19. The van der Waals surface area contributed by atoms with Gasteiger partial charge in [0, 0.05) is 12.3 Å². The molecule has 1 unspecified atom stereocenters. The van der Waals surface area contributed by atoms with Gasteiger partial charge in [-0.3, -0.25) is 0 Å². The first kappa shape index (κ1) is 16.0. The first-order valence-electron chi connectivity index (χ1n) is 6.60. The summed E-state index contributed by atoms with van der Waals surface area (Å²) < 4.78 is 27.4. The predicted octanol–water partition coefficient (Wildman–Crippen LogP) is 2.17. The van der Waals surface area contributed by atoms with Gasteiger partial charge < -0.3 is 10.1 Å². The molecule has 4 nitrogen and oxygen atoms in total. The van der Waals surface area contributed by atoms with Crippen LogP contribution in [0.3, 0.4) is 0 Å². The van der Waals surface area contributed by atoms with Crippen LogP contribution in [0.1, 0.15) is 31.9 Å². The van der Waals surface area contributed by atoms with Gasteiger partial charge in [-0.25, -0.2) is 8.42 Å². The lowest BCUT2D eigenvalue weighted by Gasteiger charge is -2.16. The largest absolute Gasteiger partial charge is 0.493 e. The Labute approximate surface area is 116 Å². The summed E-state index contributed by atoms with van der Waals surface area (Å²) in [6, 6.07) is 8.17. The second-order valence-corrected chi connectivity index (χ2v) is 6.83. The Kier molecular flexibility index (Phi) is 6.31. The van der Waals surface area contributed by atoms with Crippen molar-refractivity contribution in [2.45, 2.75) is 26.3 Å². The summed E-state index contributed by atoms with van der Waals surface area (Å²) in [5, 5.41) is 3.41. The molecule has 19 heavy (non-hydrogen) atoms. The quantitative estimate of drug-likeness (QED) is 0.795. The van der Waals surface area contributed by atoms with E-state index < -0.39 is 9.84 Å². The van der Waals surface area contributed by atoms with Gasteiger partial charge in [0.25, 0.3) is 0 Å². The van der Waals surface area contributed by atoms with Crippen LogP contribution in [0, 0.1) is 0 Å². The minimum atomic E-state index is -2.96. The van der Waals surface area contributed by atoms with E-state index in [1.807, 2.05) is 24.3 Å². The van der Waals surface area contributed by atoms with Crippen molar-refractivity contribution < 1.29 is 13.2 Å². The molecule has 1 aromatic carbocycles. The molecule has 1 N–H and O–H groups in total. The van der Waals surface area contributed by atoms with Crippen molar-refractivity contribution in [1.82, 2.24) is 5.32 Å². The van der Waals surface area contributed by atoms with Crippen molar-refractivity contribution >= 4 is 9.84 Å². The average molecular weight is 285 g/mol. The molecule has 5 heteroatoms. The van der Waals surface area contributed by atoms with Gasteiger partial charge >= 0.3 is 0 Å². The first-order valence-corrected chi connectivity index (χ1v) is 8.66. The van der Waals surface area contributed by atoms with E-state index >= 15 is 0 Å². The van der Waals surface area contributed by atoms with E-state index in [4.69, 9.17) is 4.74 Å². The van der Waals surface area contributed by atoms with Crippen LogP contribution < -0.4 is 10.1 Å². The molecule has 0 saturated heterocycles. The molecule has 0 aliphatic heterocycles. The van der Waals surface area contributed by atoms with E-state index in [9.17, 15) is 8.42 Å². The van der Waals surface area contributed by atoms with Crippen molar-refractivity contribution in [3.63, 3.8) is 0 Å². The highest BCUT2D eigenvalue weighted by molar-refractivity contribution is 7.90. The topological polar surface area (TPSA) is 55.4 Å².